The molecule has 2 fully saturated rings. The summed E-state index contributed by atoms with van der Waals surface area (Å²) in [4.78, 5) is 6.88. The molecule has 2 heterocycles. The van der Waals surface area contributed by atoms with Crippen molar-refractivity contribution in [2.45, 2.75) is 51.2 Å². The van der Waals surface area contributed by atoms with Gasteiger partial charge in [-0.05, 0) is 38.8 Å². The summed E-state index contributed by atoms with van der Waals surface area (Å²) < 4.78 is 5.62. The van der Waals surface area contributed by atoms with Crippen LogP contribution in [0.5, 0.6) is 0 Å². The second-order valence-electron chi connectivity index (χ2n) is 5.75. The maximum Gasteiger partial charge on any atom is 0.191 e. The van der Waals surface area contributed by atoms with Gasteiger partial charge in [0.25, 0.3) is 0 Å². The Morgan fingerprint density at radius 1 is 1.20 bits per heavy atom. The largest absolute Gasteiger partial charge is 0.376 e. The average Bonchev–Trinajstić information content (AvgIpc) is 3.01. The van der Waals surface area contributed by atoms with E-state index in [0.717, 1.165) is 38.6 Å². The highest BCUT2D eigenvalue weighted by molar-refractivity contribution is 5.79. The molecule has 0 amide bonds. The molecule has 2 atom stereocenters. The SMILES string of the molecule is CCN1CCCCC1CNC(=NC)NCC1CCCO1. The number of guanidine groups is 1. The summed E-state index contributed by atoms with van der Waals surface area (Å²) >= 11 is 0. The van der Waals surface area contributed by atoms with Gasteiger partial charge in [-0.3, -0.25) is 9.89 Å². The number of piperidine rings is 1. The van der Waals surface area contributed by atoms with Crippen LogP contribution in [0.3, 0.4) is 0 Å². The summed E-state index contributed by atoms with van der Waals surface area (Å²) in [7, 11) is 1.84. The van der Waals surface area contributed by atoms with Crippen LogP contribution in [0, 0.1) is 0 Å². The standard InChI is InChI=1S/C15H30N4O/c1-3-19-9-5-4-7-13(19)11-17-15(16-2)18-12-14-8-6-10-20-14/h13-14H,3-12H2,1-2H3,(H2,16,17,18). The molecule has 5 nitrogen and oxygen atoms in total. The van der Waals surface area contributed by atoms with Crippen LogP contribution in [0.1, 0.15) is 39.0 Å². The first-order chi connectivity index (χ1) is 9.83. The molecule has 116 valence electrons. The van der Waals surface area contributed by atoms with Gasteiger partial charge in [0.05, 0.1) is 6.10 Å². The van der Waals surface area contributed by atoms with Crippen molar-refractivity contribution in [3.8, 4) is 0 Å². The van der Waals surface area contributed by atoms with Crippen LogP contribution in [0.15, 0.2) is 4.99 Å². The van der Waals surface area contributed by atoms with Crippen LogP contribution in [0.4, 0.5) is 0 Å². The molecule has 0 saturated carbocycles. The molecule has 5 heteroatoms. The minimum Gasteiger partial charge on any atom is -0.376 e. The number of hydrogen-bond donors (Lipinski definition) is 2. The van der Waals surface area contributed by atoms with E-state index in [2.05, 4.69) is 27.4 Å². The minimum atomic E-state index is 0.357. The Kier molecular flexibility index (Phi) is 6.60. The molecule has 0 spiro atoms. The third-order valence-corrected chi connectivity index (χ3v) is 4.41. The highest BCUT2D eigenvalue weighted by atomic mass is 16.5. The molecule has 2 rings (SSSR count). The molecule has 0 aromatic rings. The number of ether oxygens (including phenoxy) is 1. The van der Waals surface area contributed by atoms with Gasteiger partial charge in [0, 0.05) is 32.8 Å². The third-order valence-electron chi connectivity index (χ3n) is 4.41. The first-order valence-electron chi connectivity index (χ1n) is 8.13. The van der Waals surface area contributed by atoms with Gasteiger partial charge < -0.3 is 15.4 Å². The molecule has 0 bridgehead atoms. The van der Waals surface area contributed by atoms with E-state index in [0.29, 0.717) is 12.1 Å². The Morgan fingerprint density at radius 2 is 2.05 bits per heavy atom. The Balaban J connectivity index is 1.69. The Labute approximate surface area is 123 Å². The van der Waals surface area contributed by atoms with E-state index in [4.69, 9.17) is 4.74 Å². The summed E-state index contributed by atoms with van der Waals surface area (Å²) in [5.41, 5.74) is 0. The van der Waals surface area contributed by atoms with Crippen LogP contribution >= 0.6 is 0 Å². The third kappa shape index (κ3) is 4.63. The molecule has 2 aliphatic rings. The molecule has 2 N–H and O–H groups in total. The molecular formula is C15H30N4O. The zero-order valence-corrected chi connectivity index (χ0v) is 13.0. The highest BCUT2D eigenvalue weighted by Crippen LogP contribution is 2.15. The average molecular weight is 282 g/mol. The molecule has 0 aliphatic carbocycles. The fourth-order valence-electron chi connectivity index (χ4n) is 3.16. The summed E-state index contributed by atoms with van der Waals surface area (Å²) in [5.74, 6) is 0.905. The van der Waals surface area contributed by atoms with Gasteiger partial charge in [0.1, 0.15) is 0 Å². The van der Waals surface area contributed by atoms with Crippen molar-refractivity contribution in [1.82, 2.24) is 15.5 Å². The van der Waals surface area contributed by atoms with Gasteiger partial charge in [0.2, 0.25) is 0 Å². The van der Waals surface area contributed by atoms with E-state index in [1.807, 2.05) is 7.05 Å². The molecular weight excluding hydrogens is 252 g/mol. The number of aliphatic imine (C=N–C) groups is 1. The number of nitrogens with zero attached hydrogens (tertiary/aromatic N) is 2. The molecule has 0 radical (unpaired) electrons. The van der Waals surface area contributed by atoms with E-state index >= 15 is 0 Å². The van der Waals surface area contributed by atoms with Gasteiger partial charge in [-0.25, -0.2) is 0 Å². The van der Waals surface area contributed by atoms with Gasteiger partial charge in [-0.15, -0.1) is 0 Å². The molecule has 2 saturated heterocycles. The number of nitrogens with one attached hydrogen (secondary N) is 2. The lowest BCUT2D eigenvalue weighted by Crippen LogP contribution is -2.49. The quantitative estimate of drug-likeness (QED) is 0.588. The summed E-state index contributed by atoms with van der Waals surface area (Å²) in [5, 5.41) is 6.85. The smallest absolute Gasteiger partial charge is 0.191 e. The number of likely N-dealkylation sites (N-methyl/N-ethyl adjacent to an activating group) is 1. The Hall–Kier alpha value is -0.810. The number of likely N-dealkylation sites (tertiary alicyclic amines) is 1. The summed E-state index contributed by atoms with van der Waals surface area (Å²) in [6.07, 6.45) is 6.70. The molecule has 0 aromatic carbocycles. The highest BCUT2D eigenvalue weighted by Gasteiger charge is 2.21. The molecule has 2 aliphatic heterocycles. The van der Waals surface area contributed by atoms with Crippen LogP contribution in [-0.4, -0.2) is 62.8 Å². The predicted molar refractivity (Wildman–Crippen MR) is 83.2 cm³/mol. The van der Waals surface area contributed by atoms with Gasteiger partial charge in [-0.2, -0.15) is 0 Å². The van der Waals surface area contributed by atoms with E-state index in [-0.39, 0.29) is 0 Å². The van der Waals surface area contributed by atoms with Gasteiger partial charge >= 0.3 is 0 Å². The van der Waals surface area contributed by atoms with E-state index in [1.165, 1.54) is 32.2 Å². The first-order valence-corrected chi connectivity index (χ1v) is 8.13. The molecule has 2 unspecified atom stereocenters. The summed E-state index contributed by atoms with van der Waals surface area (Å²) in [6.45, 7) is 7.40. The number of hydrogen-bond acceptors (Lipinski definition) is 3. The van der Waals surface area contributed by atoms with Crippen molar-refractivity contribution in [2.75, 3.05) is 39.8 Å². The van der Waals surface area contributed by atoms with Crippen LogP contribution < -0.4 is 10.6 Å². The normalized spacial score (nSPS) is 28.6. The lowest BCUT2D eigenvalue weighted by atomic mass is 10.0. The summed E-state index contributed by atoms with van der Waals surface area (Å²) in [6, 6.07) is 0.648. The van der Waals surface area contributed by atoms with Crippen LogP contribution in [-0.2, 0) is 4.74 Å². The maximum absolute atomic E-state index is 5.62. The van der Waals surface area contributed by atoms with Gasteiger partial charge in [-0.1, -0.05) is 13.3 Å². The van der Waals surface area contributed by atoms with Gasteiger partial charge in [0.15, 0.2) is 5.96 Å². The fourth-order valence-corrected chi connectivity index (χ4v) is 3.16. The Bertz CT molecular complexity index is 302. The second kappa shape index (κ2) is 8.47. The van der Waals surface area contributed by atoms with Crippen LogP contribution in [0.2, 0.25) is 0 Å². The Morgan fingerprint density at radius 3 is 2.75 bits per heavy atom. The van der Waals surface area contributed by atoms with Crippen molar-refractivity contribution in [3.63, 3.8) is 0 Å². The lowest BCUT2D eigenvalue weighted by molar-refractivity contribution is 0.113. The van der Waals surface area contributed by atoms with E-state index in [1.54, 1.807) is 0 Å². The fraction of sp³-hybridized carbons (Fsp3) is 0.933. The maximum atomic E-state index is 5.62. The molecule has 20 heavy (non-hydrogen) atoms. The van der Waals surface area contributed by atoms with Crippen molar-refractivity contribution < 1.29 is 4.74 Å². The lowest BCUT2D eigenvalue weighted by Gasteiger charge is -2.35. The predicted octanol–water partition coefficient (Wildman–Crippen LogP) is 1.20. The van der Waals surface area contributed by atoms with Crippen LogP contribution in [0.25, 0.3) is 0 Å². The van der Waals surface area contributed by atoms with E-state index < -0.39 is 0 Å². The monoisotopic (exact) mass is 282 g/mol. The van der Waals surface area contributed by atoms with Crippen molar-refractivity contribution in [3.05, 3.63) is 0 Å². The van der Waals surface area contributed by atoms with Crippen molar-refractivity contribution >= 4 is 5.96 Å². The number of rotatable bonds is 5. The van der Waals surface area contributed by atoms with Crippen molar-refractivity contribution in [1.29, 1.82) is 0 Å². The second-order valence-corrected chi connectivity index (χ2v) is 5.75. The molecule has 0 aromatic heterocycles. The van der Waals surface area contributed by atoms with E-state index in [9.17, 15) is 0 Å². The zero-order chi connectivity index (χ0) is 14.2. The topological polar surface area (TPSA) is 48.9 Å². The van der Waals surface area contributed by atoms with Crippen molar-refractivity contribution in [2.24, 2.45) is 4.99 Å². The zero-order valence-electron chi connectivity index (χ0n) is 13.0. The minimum absolute atomic E-state index is 0.357. The first kappa shape index (κ1) is 15.6.